The van der Waals surface area contributed by atoms with Crippen LogP contribution in [-0.4, -0.2) is 164 Å². The van der Waals surface area contributed by atoms with E-state index in [-0.39, 0.29) is 89.3 Å². The molecule has 101 heavy (non-hydrogen) atoms. The Bertz CT molecular complexity index is 2010. The first-order valence-corrected chi connectivity index (χ1v) is 39.9. The number of hydrogen-bond donors (Lipinski definition) is 12. The standard InChI is InChI=1S/C13H26N2O2.2C11H22N2O2.2C7H14N2O2.C7H14N2S2.C7H12S4.2C5H12/c1-4-6-8-12(16)14-10-11(3)15-13(17)9-7-5-2;2*1-4-6-10(14)12-8-9(3)13-11(15)7-5-2;3*1-5(9-7(3)11)4-8-6(2)10;1-5(11-7(3)9)4-10-6(2)8;2*1-4-5(2)3/h11H,4-10H2,1-3H3,(H,14,16)(H,15,17);2*9H,4-8H2,1-3H3,(H,12,14)(H,13,15);3*5H,4H2,1-3H3,(H,8,10)(H,9,11);5H,4H2,1-3H3;2*5H,4H2,1-3H3. The third-order valence-electron chi connectivity index (χ3n) is 12.3. The van der Waals surface area contributed by atoms with E-state index in [4.69, 9.17) is 48.9 Å². The molecule has 22 nitrogen and oxygen atoms in total. The van der Waals surface area contributed by atoms with Crippen LogP contribution in [0.15, 0.2) is 0 Å². The van der Waals surface area contributed by atoms with Crippen molar-refractivity contribution in [2.24, 2.45) is 11.8 Å². The van der Waals surface area contributed by atoms with E-state index in [0.29, 0.717) is 82.5 Å². The normalized spacial score (nSPS) is 11.8. The van der Waals surface area contributed by atoms with Crippen molar-refractivity contribution in [3.8, 4) is 0 Å². The van der Waals surface area contributed by atoms with Crippen LogP contribution in [0, 0.1) is 11.8 Å². The SMILES string of the molecule is CC(=O)NCC(C)NC(C)=O.CC(=O)NCC(C)NC(C)=O.CC(=S)NCC(C)NC(C)=S.CC(=S)SCC(C)SC(C)=S.CCC(C)C.CCC(C)C.CCCC(=O)NCC(C)NC(=O)CCC.CCCC(=O)NCC(C)NC(=O)CCC.CCCCC(=O)NCC(C)NC(=O)CCCC. The Hall–Kier alpha value is -4.64. The fourth-order valence-corrected chi connectivity index (χ4v) is 8.97. The van der Waals surface area contributed by atoms with E-state index in [1.54, 1.807) is 23.5 Å². The molecule has 0 spiro atoms. The van der Waals surface area contributed by atoms with Crippen molar-refractivity contribution >= 4 is 150 Å². The number of amides is 10. The van der Waals surface area contributed by atoms with Gasteiger partial charge in [-0.15, -0.1) is 23.5 Å². The van der Waals surface area contributed by atoms with Crippen molar-refractivity contribution in [3.05, 3.63) is 0 Å². The quantitative estimate of drug-likeness (QED) is 0.0257. The van der Waals surface area contributed by atoms with Crippen LogP contribution in [0.4, 0.5) is 0 Å². The Morgan fingerprint density at radius 1 is 0.297 bits per heavy atom. The van der Waals surface area contributed by atoms with Gasteiger partial charge in [-0.2, -0.15) is 0 Å². The van der Waals surface area contributed by atoms with Gasteiger partial charge in [-0.05, 0) is 120 Å². The van der Waals surface area contributed by atoms with Crippen molar-refractivity contribution in [1.29, 1.82) is 0 Å². The predicted octanol–water partition coefficient (Wildman–Crippen LogP) is 12.6. The zero-order chi connectivity index (χ0) is 80.4. The molecule has 596 valence electrons. The zero-order valence-electron chi connectivity index (χ0n) is 68.0. The van der Waals surface area contributed by atoms with Crippen molar-refractivity contribution < 1.29 is 47.9 Å². The van der Waals surface area contributed by atoms with Gasteiger partial charge in [-0.3, -0.25) is 47.9 Å². The Kier molecular flexibility index (Phi) is 93.9. The molecule has 0 aromatic carbocycles. The number of carbonyl (C=O) groups excluding carboxylic acids is 10. The van der Waals surface area contributed by atoms with Gasteiger partial charge in [-0.25, -0.2) is 0 Å². The average molecular weight is 1550 g/mol. The second-order valence-electron chi connectivity index (χ2n) is 25.5. The monoisotopic (exact) mass is 1540 g/mol. The second kappa shape index (κ2) is 82.6. The third-order valence-corrected chi connectivity index (χ3v) is 15.4. The number of thiocarbonyl (C=S) groups is 4. The first kappa shape index (κ1) is 115. The van der Waals surface area contributed by atoms with Crippen LogP contribution in [0.5, 0.6) is 0 Å². The van der Waals surface area contributed by atoms with E-state index in [9.17, 15) is 47.9 Å². The molecular formula is C73H148N12O10S6. The summed E-state index contributed by atoms with van der Waals surface area (Å²) in [5, 5.41) is 34.1. The van der Waals surface area contributed by atoms with E-state index in [1.165, 1.54) is 40.5 Å². The van der Waals surface area contributed by atoms with Gasteiger partial charge in [0.05, 0.1) is 9.98 Å². The summed E-state index contributed by atoms with van der Waals surface area (Å²) in [6.07, 6.45) is 13.2. The van der Waals surface area contributed by atoms with Gasteiger partial charge < -0.3 is 63.8 Å². The fraction of sp³-hybridized carbons (Fsp3) is 0.808. The van der Waals surface area contributed by atoms with Gasteiger partial charge in [0.25, 0.3) is 0 Å². The van der Waals surface area contributed by atoms with E-state index in [0.717, 1.165) is 93.9 Å². The highest BCUT2D eigenvalue weighted by molar-refractivity contribution is 8.25. The molecule has 0 aliphatic heterocycles. The summed E-state index contributed by atoms with van der Waals surface area (Å²) in [6.45, 7) is 55.6. The summed E-state index contributed by atoms with van der Waals surface area (Å²) in [7, 11) is 0. The number of carbonyl (C=O) groups is 10. The number of unbranched alkanes of at least 4 members (excludes halogenated alkanes) is 2. The molecule has 0 saturated heterocycles. The lowest BCUT2D eigenvalue weighted by Gasteiger charge is -2.14. The molecule has 0 bridgehead atoms. The molecule has 0 radical (unpaired) electrons. The maximum absolute atomic E-state index is 11.4. The summed E-state index contributed by atoms with van der Waals surface area (Å²) >= 11 is 23.1. The highest BCUT2D eigenvalue weighted by Crippen LogP contribution is 2.18. The van der Waals surface area contributed by atoms with Crippen LogP contribution >= 0.6 is 72.4 Å². The summed E-state index contributed by atoms with van der Waals surface area (Å²) in [6, 6.07) is 0.345. The minimum absolute atomic E-state index is 0.00333. The predicted molar refractivity (Wildman–Crippen MR) is 448 cm³/mol. The van der Waals surface area contributed by atoms with Crippen molar-refractivity contribution in [2.45, 2.75) is 331 Å². The molecule has 0 fully saturated rings. The summed E-state index contributed by atoms with van der Waals surface area (Å²) in [4.78, 5) is 111. The molecule has 7 unspecified atom stereocenters. The van der Waals surface area contributed by atoms with Crippen LogP contribution in [0.2, 0.25) is 0 Å². The first-order valence-electron chi connectivity index (χ1n) is 36.4. The number of hydrogen-bond acceptors (Lipinski definition) is 16. The molecule has 0 aromatic heterocycles. The Morgan fingerprint density at radius 2 is 0.554 bits per heavy atom. The molecule has 0 aliphatic rings. The van der Waals surface area contributed by atoms with Gasteiger partial charge in [0.1, 0.15) is 0 Å². The molecule has 0 aliphatic carbocycles. The molecule has 0 saturated carbocycles. The highest BCUT2D eigenvalue weighted by atomic mass is 32.2. The van der Waals surface area contributed by atoms with Crippen LogP contribution in [0.3, 0.4) is 0 Å². The minimum atomic E-state index is -0.0813. The molecule has 12 N–H and O–H groups in total. The third kappa shape index (κ3) is 123. The summed E-state index contributed by atoms with van der Waals surface area (Å²) in [5.74, 6) is 2.85. The first-order chi connectivity index (χ1) is 46.9. The molecule has 0 aromatic rings. The maximum Gasteiger partial charge on any atom is 0.220 e. The Morgan fingerprint density at radius 3 is 0.802 bits per heavy atom. The number of thioether (sulfide) groups is 2. The minimum Gasteiger partial charge on any atom is -0.378 e. The fourth-order valence-electron chi connectivity index (χ4n) is 6.48. The average Bonchev–Trinajstić information content (AvgIpc) is 1.48. The summed E-state index contributed by atoms with van der Waals surface area (Å²) in [5.41, 5.74) is 0. The van der Waals surface area contributed by atoms with Gasteiger partial charge in [0.15, 0.2) is 0 Å². The lowest BCUT2D eigenvalue weighted by atomic mass is 10.2. The van der Waals surface area contributed by atoms with E-state index < -0.39 is 0 Å². The van der Waals surface area contributed by atoms with Gasteiger partial charge >= 0.3 is 0 Å². The van der Waals surface area contributed by atoms with Crippen molar-refractivity contribution in [1.82, 2.24) is 63.8 Å². The largest absolute Gasteiger partial charge is 0.378 e. The zero-order valence-corrected chi connectivity index (χ0v) is 72.9. The van der Waals surface area contributed by atoms with Crippen LogP contribution in [0.25, 0.3) is 0 Å². The highest BCUT2D eigenvalue weighted by Gasteiger charge is 2.12. The van der Waals surface area contributed by atoms with Gasteiger partial charge in [0, 0.05) is 161 Å². The smallest absolute Gasteiger partial charge is 0.220 e. The van der Waals surface area contributed by atoms with E-state index >= 15 is 0 Å². The van der Waals surface area contributed by atoms with Gasteiger partial charge in [-0.1, -0.05) is 165 Å². The summed E-state index contributed by atoms with van der Waals surface area (Å²) < 4.78 is 2.03. The Balaban J connectivity index is -0.000000137. The lowest BCUT2D eigenvalue weighted by Crippen LogP contribution is -2.41. The number of rotatable bonds is 37. The Labute approximate surface area is 645 Å². The molecule has 0 heterocycles. The number of nitrogens with one attached hydrogen (secondary N) is 12. The molecule has 0 rings (SSSR count). The van der Waals surface area contributed by atoms with E-state index in [2.05, 4.69) is 133 Å². The molecular weight excluding hydrogens is 1400 g/mol. The molecule has 7 atom stereocenters. The van der Waals surface area contributed by atoms with Crippen molar-refractivity contribution in [2.75, 3.05) is 45.0 Å². The lowest BCUT2D eigenvalue weighted by molar-refractivity contribution is -0.123. The van der Waals surface area contributed by atoms with E-state index in [1.807, 2.05) is 90.0 Å². The molecule has 28 heteroatoms. The van der Waals surface area contributed by atoms with Crippen molar-refractivity contribution in [3.63, 3.8) is 0 Å². The van der Waals surface area contributed by atoms with Crippen LogP contribution in [0.1, 0.15) is 290 Å². The topological polar surface area (TPSA) is 315 Å². The second-order valence-corrected chi connectivity index (χ2v) is 31.3. The maximum atomic E-state index is 11.4. The molecule has 10 amide bonds. The van der Waals surface area contributed by atoms with Crippen LogP contribution in [-0.2, 0) is 47.9 Å². The van der Waals surface area contributed by atoms with Crippen LogP contribution < -0.4 is 63.8 Å². The van der Waals surface area contributed by atoms with Gasteiger partial charge in [0.2, 0.25) is 59.1 Å².